The minimum absolute atomic E-state index is 0.193. The number of ether oxygens (including phenoxy) is 1. The summed E-state index contributed by atoms with van der Waals surface area (Å²) in [4.78, 5) is 18.4. The topological polar surface area (TPSA) is 57.4 Å². The van der Waals surface area contributed by atoms with Crippen molar-refractivity contribution in [3.05, 3.63) is 95.2 Å². The van der Waals surface area contributed by atoms with Gasteiger partial charge in [-0.2, -0.15) is 0 Å². The highest BCUT2D eigenvalue weighted by molar-refractivity contribution is 5.91. The Kier molecular flexibility index (Phi) is 5.01. The van der Waals surface area contributed by atoms with Crippen LogP contribution in [0.2, 0.25) is 0 Å². The lowest BCUT2D eigenvalue weighted by atomic mass is 9.92. The molecule has 0 unspecified atom stereocenters. The van der Waals surface area contributed by atoms with Gasteiger partial charge in [-0.3, -0.25) is 0 Å². The van der Waals surface area contributed by atoms with Crippen LogP contribution in [0.1, 0.15) is 22.9 Å². The number of urea groups is 1. The molecule has 1 aliphatic heterocycles. The first-order valence-electron chi connectivity index (χ1n) is 10.3. The fourth-order valence-corrected chi connectivity index (χ4v) is 4.40. The third-order valence-electron chi connectivity index (χ3n) is 5.87. The molecule has 0 saturated heterocycles. The molecule has 1 aliphatic rings. The van der Waals surface area contributed by atoms with Gasteiger partial charge in [-0.15, -0.1) is 0 Å². The second kappa shape index (κ2) is 8.00. The van der Waals surface area contributed by atoms with Crippen LogP contribution >= 0.6 is 0 Å². The highest BCUT2D eigenvalue weighted by Crippen LogP contribution is 2.39. The van der Waals surface area contributed by atoms with E-state index >= 15 is 0 Å². The molecule has 7 heteroatoms. The van der Waals surface area contributed by atoms with Crippen molar-refractivity contribution in [2.24, 2.45) is 0 Å². The normalized spacial score (nSPS) is 15.5. The Morgan fingerprint density at radius 1 is 1.09 bits per heavy atom. The van der Waals surface area contributed by atoms with Crippen molar-refractivity contribution in [2.45, 2.75) is 12.5 Å². The van der Waals surface area contributed by atoms with Crippen molar-refractivity contribution in [3.63, 3.8) is 0 Å². The van der Waals surface area contributed by atoms with Crippen molar-refractivity contribution in [1.82, 2.24) is 9.88 Å². The molecule has 0 bridgehead atoms. The zero-order chi connectivity index (χ0) is 22.2. The Morgan fingerprint density at radius 3 is 2.78 bits per heavy atom. The number of nitrogens with one attached hydrogen (secondary N) is 2. The molecule has 2 heterocycles. The van der Waals surface area contributed by atoms with Crippen molar-refractivity contribution in [2.75, 3.05) is 19.0 Å². The highest BCUT2D eigenvalue weighted by Gasteiger charge is 2.35. The number of fused-ring (bicyclic) bond motifs is 3. The van der Waals surface area contributed by atoms with Crippen LogP contribution in [-0.4, -0.2) is 29.6 Å². The minimum Gasteiger partial charge on any atom is -0.497 e. The number of benzene rings is 3. The van der Waals surface area contributed by atoms with Gasteiger partial charge >= 0.3 is 6.03 Å². The number of aromatic amines is 1. The molecular formula is C25H21F2N3O2. The van der Waals surface area contributed by atoms with Gasteiger partial charge in [-0.05, 0) is 47.9 Å². The summed E-state index contributed by atoms with van der Waals surface area (Å²) in [5.41, 5.74) is 3.70. The standard InChI is InChI=1S/C25H21F2N3O2/c1-32-17-6-4-5-15(13-17)24-23-19(18-7-2-3-8-21(18)28-23)11-12-30(24)25(31)29-22-14-16(26)9-10-20(22)27/h2-10,13-14,24,28H,11-12H2,1H3,(H,29,31)/t24-/m0/s1. The molecular weight excluding hydrogens is 412 g/mol. The number of aromatic nitrogens is 1. The van der Waals surface area contributed by atoms with Gasteiger partial charge in [-0.25, -0.2) is 13.6 Å². The van der Waals surface area contributed by atoms with Crippen LogP contribution in [0.4, 0.5) is 19.3 Å². The molecule has 5 nitrogen and oxygen atoms in total. The molecule has 1 aromatic heterocycles. The van der Waals surface area contributed by atoms with E-state index in [1.54, 1.807) is 12.0 Å². The van der Waals surface area contributed by atoms with Gasteiger partial charge in [0.25, 0.3) is 0 Å². The average molecular weight is 433 g/mol. The molecule has 0 spiro atoms. The summed E-state index contributed by atoms with van der Waals surface area (Å²) in [5.74, 6) is -0.647. The van der Waals surface area contributed by atoms with Crippen molar-refractivity contribution >= 4 is 22.6 Å². The predicted molar refractivity (Wildman–Crippen MR) is 119 cm³/mol. The number of para-hydroxylation sites is 1. The molecule has 2 amide bonds. The second-order valence-corrected chi connectivity index (χ2v) is 7.74. The fraction of sp³-hybridized carbons (Fsp3) is 0.160. The van der Waals surface area contributed by atoms with Crippen molar-refractivity contribution in [1.29, 1.82) is 0 Å². The number of carbonyl (C=O) groups excluding carboxylic acids is 1. The molecule has 3 aromatic carbocycles. The maximum Gasteiger partial charge on any atom is 0.322 e. The molecule has 1 atom stereocenters. The van der Waals surface area contributed by atoms with E-state index < -0.39 is 23.7 Å². The van der Waals surface area contributed by atoms with Gasteiger partial charge in [-0.1, -0.05) is 30.3 Å². The summed E-state index contributed by atoms with van der Waals surface area (Å²) in [6.45, 7) is 0.416. The molecule has 32 heavy (non-hydrogen) atoms. The van der Waals surface area contributed by atoms with Crippen LogP contribution in [0, 0.1) is 11.6 Å². The predicted octanol–water partition coefficient (Wildman–Crippen LogP) is 5.63. The summed E-state index contributed by atoms with van der Waals surface area (Å²) in [5, 5.41) is 3.66. The van der Waals surface area contributed by atoms with E-state index in [1.165, 1.54) is 0 Å². The molecule has 5 rings (SSSR count). The van der Waals surface area contributed by atoms with E-state index in [1.807, 2.05) is 42.5 Å². The van der Waals surface area contributed by atoms with Crippen LogP contribution in [0.15, 0.2) is 66.7 Å². The van der Waals surface area contributed by atoms with Gasteiger partial charge < -0.3 is 19.9 Å². The van der Waals surface area contributed by atoms with E-state index in [9.17, 15) is 13.6 Å². The van der Waals surface area contributed by atoms with E-state index in [0.717, 1.165) is 45.9 Å². The fourth-order valence-electron chi connectivity index (χ4n) is 4.40. The molecule has 2 N–H and O–H groups in total. The van der Waals surface area contributed by atoms with Gasteiger partial charge in [0.05, 0.1) is 18.8 Å². The van der Waals surface area contributed by atoms with Gasteiger partial charge in [0, 0.05) is 29.2 Å². The SMILES string of the molecule is COc1cccc([C@H]2c3[nH]c4ccccc4c3CCN2C(=O)Nc2cc(F)ccc2F)c1. The van der Waals surface area contributed by atoms with Crippen LogP contribution in [0.3, 0.4) is 0 Å². The first-order chi connectivity index (χ1) is 15.5. The maximum absolute atomic E-state index is 14.2. The summed E-state index contributed by atoms with van der Waals surface area (Å²) >= 11 is 0. The number of methoxy groups -OCH3 is 1. The monoisotopic (exact) mass is 433 g/mol. The van der Waals surface area contributed by atoms with Crippen LogP contribution in [-0.2, 0) is 6.42 Å². The Balaban J connectivity index is 1.59. The number of nitrogens with zero attached hydrogens (tertiary/aromatic N) is 1. The van der Waals surface area contributed by atoms with Crippen LogP contribution in [0.5, 0.6) is 5.75 Å². The van der Waals surface area contributed by atoms with Crippen molar-refractivity contribution < 1.29 is 18.3 Å². The summed E-state index contributed by atoms with van der Waals surface area (Å²) in [6, 6.07) is 17.6. The zero-order valence-corrected chi connectivity index (χ0v) is 17.4. The molecule has 0 saturated carbocycles. The van der Waals surface area contributed by atoms with Gasteiger partial charge in [0.15, 0.2) is 0 Å². The Morgan fingerprint density at radius 2 is 1.94 bits per heavy atom. The highest BCUT2D eigenvalue weighted by atomic mass is 19.1. The Bertz CT molecular complexity index is 1320. The van der Waals surface area contributed by atoms with E-state index in [4.69, 9.17) is 4.74 Å². The lowest BCUT2D eigenvalue weighted by Gasteiger charge is -2.36. The third kappa shape index (κ3) is 3.45. The first kappa shape index (κ1) is 20.1. The number of rotatable bonds is 3. The lowest BCUT2D eigenvalue weighted by molar-refractivity contribution is 0.193. The summed E-state index contributed by atoms with van der Waals surface area (Å²) in [7, 11) is 1.59. The quantitative estimate of drug-likeness (QED) is 0.440. The number of hydrogen-bond acceptors (Lipinski definition) is 2. The number of carbonyl (C=O) groups is 1. The number of anilines is 1. The van der Waals surface area contributed by atoms with Gasteiger partial charge in [0.2, 0.25) is 0 Å². The smallest absolute Gasteiger partial charge is 0.322 e. The molecule has 0 fully saturated rings. The van der Waals surface area contributed by atoms with Crippen LogP contribution < -0.4 is 10.1 Å². The number of halogens is 2. The second-order valence-electron chi connectivity index (χ2n) is 7.74. The van der Waals surface area contributed by atoms with E-state index in [2.05, 4.69) is 16.4 Å². The van der Waals surface area contributed by atoms with Crippen molar-refractivity contribution in [3.8, 4) is 5.75 Å². The van der Waals surface area contributed by atoms with Crippen LogP contribution in [0.25, 0.3) is 10.9 Å². The summed E-state index contributed by atoms with van der Waals surface area (Å²) in [6.07, 6.45) is 0.638. The number of hydrogen-bond donors (Lipinski definition) is 2. The molecule has 4 aromatic rings. The largest absolute Gasteiger partial charge is 0.497 e. The van der Waals surface area contributed by atoms with E-state index in [0.29, 0.717) is 18.7 Å². The van der Waals surface area contributed by atoms with E-state index in [-0.39, 0.29) is 5.69 Å². The maximum atomic E-state index is 14.2. The zero-order valence-electron chi connectivity index (χ0n) is 17.4. The third-order valence-corrected chi connectivity index (χ3v) is 5.87. The molecule has 0 radical (unpaired) electrons. The Labute approximate surface area is 183 Å². The van der Waals surface area contributed by atoms with Gasteiger partial charge in [0.1, 0.15) is 17.4 Å². The minimum atomic E-state index is -0.694. The molecule has 162 valence electrons. The number of H-pyrrole nitrogens is 1. The Hall–Kier alpha value is -3.87. The summed E-state index contributed by atoms with van der Waals surface area (Å²) < 4.78 is 33.2. The average Bonchev–Trinajstić information content (AvgIpc) is 3.19. The first-order valence-corrected chi connectivity index (χ1v) is 10.3. The number of amides is 2. The molecule has 0 aliphatic carbocycles. The lowest BCUT2D eigenvalue weighted by Crippen LogP contribution is -2.43.